The van der Waals surface area contributed by atoms with Crippen LogP contribution in [-0.4, -0.2) is 18.2 Å². The fourth-order valence-corrected chi connectivity index (χ4v) is 1.66. The van der Waals surface area contributed by atoms with E-state index in [1.54, 1.807) is 25.3 Å². The Labute approximate surface area is 117 Å². The minimum Gasteiger partial charge on any atom is -0.463 e. The average Bonchev–Trinajstić information content (AvgIpc) is 2.97. The highest BCUT2D eigenvalue weighted by molar-refractivity contribution is 5.96. The van der Waals surface area contributed by atoms with Gasteiger partial charge in [0.2, 0.25) is 0 Å². The highest BCUT2D eigenvalue weighted by Gasteiger charge is 2.03. The van der Waals surface area contributed by atoms with Crippen LogP contribution < -0.4 is 10.7 Å². The Bertz CT molecular complexity index is 603. The summed E-state index contributed by atoms with van der Waals surface area (Å²) in [4.78, 5) is 11.7. The number of rotatable bonds is 5. The molecule has 2 N–H and O–H groups in total. The Morgan fingerprint density at radius 1 is 1.30 bits per heavy atom. The smallest absolute Gasteiger partial charge is 0.259 e. The second-order valence-electron chi connectivity index (χ2n) is 4.43. The molecule has 0 fully saturated rings. The van der Waals surface area contributed by atoms with E-state index in [2.05, 4.69) is 15.8 Å². The van der Waals surface area contributed by atoms with Crippen molar-refractivity contribution in [3.63, 3.8) is 0 Å². The standard InChI is InChI=1S/C15H17N3O2/c1-11-5-3-6-13(9-11)16-10-15(19)18-17-12(2)14-7-4-8-20-14/h3-9,16H,10H2,1-2H3,(H,18,19). The fourth-order valence-electron chi connectivity index (χ4n) is 1.66. The molecule has 0 bridgehead atoms. The van der Waals surface area contributed by atoms with Crippen molar-refractivity contribution in [1.29, 1.82) is 0 Å². The normalized spacial score (nSPS) is 11.2. The van der Waals surface area contributed by atoms with Crippen molar-refractivity contribution >= 4 is 17.3 Å². The molecule has 2 rings (SSSR count). The van der Waals surface area contributed by atoms with Crippen molar-refractivity contribution in [2.45, 2.75) is 13.8 Å². The van der Waals surface area contributed by atoms with Crippen molar-refractivity contribution in [3.05, 3.63) is 54.0 Å². The van der Waals surface area contributed by atoms with E-state index in [0.717, 1.165) is 11.3 Å². The largest absolute Gasteiger partial charge is 0.463 e. The van der Waals surface area contributed by atoms with Gasteiger partial charge in [0.25, 0.3) is 5.91 Å². The Morgan fingerprint density at radius 2 is 2.15 bits per heavy atom. The van der Waals surface area contributed by atoms with Crippen LogP contribution in [0.25, 0.3) is 0 Å². The maximum absolute atomic E-state index is 11.7. The van der Waals surface area contributed by atoms with E-state index in [1.807, 2.05) is 31.2 Å². The molecular formula is C15H17N3O2. The van der Waals surface area contributed by atoms with E-state index in [0.29, 0.717) is 11.5 Å². The van der Waals surface area contributed by atoms with Crippen LogP contribution in [0.15, 0.2) is 52.2 Å². The van der Waals surface area contributed by atoms with Crippen LogP contribution in [0.5, 0.6) is 0 Å². The van der Waals surface area contributed by atoms with Gasteiger partial charge < -0.3 is 9.73 Å². The summed E-state index contributed by atoms with van der Waals surface area (Å²) >= 11 is 0. The lowest BCUT2D eigenvalue weighted by molar-refractivity contribution is -0.119. The second-order valence-corrected chi connectivity index (χ2v) is 4.43. The first-order chi connectivity index (χ1) is 9.65. The molecule has 1 aromatic heterocycles. The number of carbonyl (C=O) groups is 1. The van der Waals surface area contributed by atoms with E-state index in [-0.39, 0.29) is 12.5 Å². The summed E-state index contributed by atoms with van der Waals surface area (Å²) in [5.74, 6) is 0.425. The van der Waals surface area contributed by atoms with E-state index < -0.39 is 0 Å². The zero-order valence-corrected chi connectivity index (χ0v) is 11.5. The van der Waals surface area contributed by atoms with Crippen LogP contribution in [0.2, 0.25) is 0 Å². The Morgan fingerprint density at radius 3 is 2.85 bits per heavy atom. The summed E-state index contributed by atoms with van der Waals surface area (Å²) < 4.78 is 5.17. The number of carbonyl (C=O) groups excluding carboxylic acids is 1. The lowest BCUT2D eigenvalue weighted by Crippen LogP contribution is -2.26. The van der Waals surface area contributed by atoms with Crippen LogP contribution in [0.4, 0.5) is 5.69 Å². The van der Waals surface area contributed by atoms with Crippen molar-refractivity contribution in [3.8, 4) is 0 Å². The number of hydrogen-bond donors (Lipinski definition) is 2. The second kappa shape index (κ2) is 6.56. The molecule has 0 saturated carbocycles. The zero-order chi connectivity index (χ0) is 14.4. The van der Waals surface area contributed by atoms with Crippen LogP contribution in [0.1, 0.15) is 18.2 Å². The maximum atomic E-state index is 11.7. The van der Waals surface area contributed by atoms with Crippen LogP contribution >= 0.6 is 0 Å². The van der Waals surface area contributed by atoms with Gasteiger partial charge in [-0.3, -0.25) is 4.79 Å². The monoisotopic (exact) mass is 271 g/mol. The van der Waals surface area contributed by atoms with Gasteiger partial charge in [-0.05, 0) is 43.7 Å². The molecule has 1 amide bonds. The Kier molecular flexibility index (Phi) is 4.55. The van der Waals surface area contributed by atoms with Crippen molar-refractivity contribution in [2.75, 3.05) is 11.9 Å². The minimum atomic E-state index is -0.211. The molecule has 0 aliphatic heterocycles. The third-order valence-corrected chi connectivity index (χ3v) is 2.70. The third kappa shape index (κ3) is 3.98. The molecule has 5 nitrogen and oxygen atoms in total. The van der Waals surface area contributed by atoms with Gasteiger partial charge in [-0.15, -0.1) is 0 Å². The number of nitrogens with zero attached hydrogens (tertiary/aromatic N) is 1. The van der Waals surface area contributed by atoms with Crippen molar-refractivity contribution < 1.29 is 9.21 Å². The molecule has 0 atom stereocenters. The summed E-state index contributed by atoms with van der Waals surface area (Å²) in [7, 11) is 0. The first-order valence-electron chi connectivity index (χ1n) is 6.32. The third-order valence-electron chi connectivity index (χ3n) is 2.70. The van der Waals surface area contributed by atoms with Gasteiger partial charge in [-0.2, -0.15) is 5.10 Å². The predicted molar refractivity (Wildman–Crippen MR) is 78.7 cm³/mol. The Balaban J connectivity index is 1.83. The molecule has 104 valence electrons. The molecule has 0 radical (unpaired) electrons. The van der Waals surface area contributed by atoms with E-state index in [1.165, 1.54) is 0 Å². The number of benzene rings is 1. The fraction of sp³-hybridized carbons (Fsp3) is 0.200. The summed E-state index contributed by atoms with van der Waals surface area (Å²) in [6.45, 7) is 3.94. The van der Waals surface area contributed by atoms with Gasteiger partial charge in [0, 0.05) is 5.69 Å². The van der Waals surface area contributed by atoms with E-state index in [9.17, 15) is 4.79 Å². The number of anilines is 1. The van der Waals surface area contributed by atoms with Crippen LogP contribution in [-0.2, 0) is 4.79 Å². The summed E-state index contributed by atoms with van der Waals surface area (Å²) in [5, 5.41) is 7.02. The number of hydrogen-bond acceptors (Lipinski definition) is 4. The predicted octanol–water partition coefficient (Wildman–Crippen LogP) is 2.54. The van der Waals surface area contributed by atoms with Gasteiger partial charge in [-0.1, -0.05) is 12.1 Å². The highest BCUT2D eigenvalue weighted by atomic mass is 16.3. The summed E-state index contributed by atoms with van der Waals surface area (Å²) in [5.41, 5.74) is 5.16. The zero-order valence-electron chi connectivity index (χ0n) is 11.5. The molecule has 0 aliphatic carbocycles. The SMILES string of the molecule is CC(=NNC(=O)CNc1cccc(C)c1)c1ccco1. The molecular weight excluding hydrogens is 254 g/mol. The number of hydrazone groups is 1. The molecule has 0 spiro atoms. The van der Waals surface area contributed by atoms with Crippen molar-refractivity contribution in [1.82, 2.24) is 5.43 Å². The topological polar surface area (TPSA) is 66.6 Å². The summed E-state index contributed by atoms with van der Waals surface area (Å²) in [6.07, 6.45) is 1.56. The van der Waals surface area contributed by atoms with Crippen molar-refractivity contribution in [2.24, 2.45) is 5.10 Å². The molecule has 1 heterocycles. The van der Waals surface area contributed by atoms with Gasteiger partial charge in [0.1, 0.15) is 11.5 Å². The number of furan rings is 1. The molecule has 2 aromatic rings. The van der Waals surface area contributed by atoms with Crippen LogP contribution in [0.3, 0.4) is 0 Å². The van der Waals surface area contributed by atoms with Gasteiger partial charge in [0.05, 0.1) is 12.8 Å². The average molecular weight is 271 g/mol. The number of nitrogens with one attached hydrogen (secondary N) is 2. The minimum absolute atomic E-state index is 0.165. The first-order valence-corrected chi connectivity index (χ1v) is 6.32. The lowest BCUT2D eigenvalue weighted by Gasteiger charge is -2.06. The number of amides is 1. The molecule has 0 unspecified atom stereocenters. The molecule has 20 heavy (non-hydrogen) atoms. The maximum Gasteiger partial charge on any atom is 0.259 e. The highest BCUT2D eigenvalue weighted by Crippen LogP contribution is 2.08. The number of aryl methyl sites for hydroxylation is 1. The molecule has 0 aliphatic rings. The molecule has 1 aromatic carbocycles. The lowest BCUT2D eigenvalue weighted by atomic mass is 10.2. The Hall–Kier alpha value is -2.56. The van der Waals surface area contributed by atoms with E-state index >= 15 is 0 Å². The molecule has 5 heteroatoms. The van der Waals surface area contributed by atoms with Gasteiger partial charge in [-0.25, -0.2) is 5.43 Å². The summed E-state index contributed by atoms with van der Waals surface area (Å²) in [6, 6.07) is 11.4. The van der Waals surface area contributed by atoms with Gasteiger partial charge in [0.15, 0.2) is 0 Å². The quantitative estimate of drug-likeness (QED) is 0.648. The van der Waals surface area contributed by atoms with E-state index in [4.69, 9.17) is 4.42 Å². The first kappa shape index (κ1) is 13.9. The van der Waals surface area contributed by atoms with Crippen LogP contribution in [0, 0.1) is 6.92 Å². The molecule has 0 saturated heterocycles. The van der Waals surface area contributed by atoms with Gasteiger partial charge >= 0.3 is 0 Å².